The van der Waals surface area contributed by atoms with Gasteiger partial charge in [-0.25, -0.2) is 4.79 Å². The summed E-state index contributed by atoms with van der Waals surface area (Å²) in [6, 6.07) is 9.15. The maximum Gasteiger partial charge on any atom is 0.336 e. The van der Waals surface area contributed by atoms with E-state index in [1.54, 1.807) is 25.1 Å². The highest BCUT2D eigenvalue weighted by Crippen LogP contribution is 2.46. The zero-order valence-electron chi connectivity index (χ0n) is 21.8. The molecule has 0 spiro atoms. The number of hydrogen-bond acceptors (Lipinski definition) is 3. The van der Waals surface area contributed by atoms with E-state index in [1.165, 1.54) is 0 Å². The minimum Gasteiger partial charge on any atom is -0.478 e. The van der Waals surface area contributed by atoms with Crippen LogP contribution in [-0.4, -0.2) is 23.7 Å². The molecule has 4 nitrogen and oxygen atoms in total. The third-order valence-electron chi connectivity index (χ3n) is 6.13. The predicted octanol–water partition coefficient (Wildman–Crippen LogP) is 8.14. The number of halogens is 1. The lowest BCUT2D eigenvalue weighted by molar-refractivity contribution is -0.145. The van der Waals surface area contributed by atoms with Crippen LogP contribution in [0.5, 0.6) is 0 Å². The predicted molar refractivity (Wildman–Crippen MR) is 140 cm³/mol. The third kappa shape index (κ3) is 6.21. The Labute approximate surface area is 209 Å². The zero-order chi connectivity index (χ0) is 25.8. The van der Waals surface area contributed by atoms with Gasteiger partial charge in [-0.15, -0.1) is 0 Å². The van der Waals surface area contributed by atoms with Crippen LogP contribution in [0.3, 0.4) is 0 Å². The fourth-order valence-electron chi connectivity index (χ4n) is 4.25. The largest absolute Gasteiger partial charge is 0.478 e. The lowest BCUT2D eigenvalue weighted by Gasteiger charge is -2.32. The Morgan fingerprint density at radius 2 is 1.65 bits per heavy atom. The highest BCUT2D eigenvalue weighted by Gasteiger charge is 2.33. The maximum atomic E-state index is 13.3. The topological polar surface area (TPSA) is 63.6 Å². The molecule has 0 heterocycles. The quantitative estimate of drug-likeness (QED) is 0.382. The molecular weight excluding hydrogens is 448 g/mol. The van der Waals surface area contributed by atoms with Crippen LogP contribution in [0, 0.1) is 0 Å². The molecule has 0 amide bonds. The number of aromatic carboxylic acids is 1. The van der Waals surface area contributed by atoms with E-state index in [1.807, 2.05) is 0 Å². The van der Waals surface area contributed by atoms with Gasteiger partial charge in [-0.3, -0.25) is 4.79 Å². The van der Waals surface area contributed by atoms with Crippen molar-refractivity contribution >= 4 is 23.5 Å². The number of benzene rings is 2. The molecule has 34 heavy (non-hydrogen) atoms. The van der Waals surface area contributed by atoms with Crippen molar-refractivity contribution in [2.45, 2.75) is 91.4 Å². The monoisotopic (exact) mass is 486 g/mol. The summed E-state index contributed by atoms with van der Waals surface area (Å²) in [4.78, 5) is 25.6. The molecule has 0 aliphatic rings. The van der Waals surface area contributed by atoms with Crippen molar-refractivity contribution in [3.05, 3.63) is 57.6 Å². The molecule has 0 bridgehead atoms. The molecule has 5 heteroatoms. The van der Waals surface area contributed by atoms with Gasteiger partial charge >= 0.3 is 11.9 Å². The van der Waals surface area contributed by atoms with Crippen LogP contribution in [0.4, 0.5) is 0 Å². The van der Waals surface area contributed by atoms with Crippen LogP contribution >= 0.6 is 11.6 Å². The third-order valence-corrected chi connectivity index (χ3v) is 6.44. The molecule has 1 unspecified atom stereocenters. The lowest BCUT2D eigenvalue weighted by atomic mass is 9.72. The second-order valence-corrected chi connectivity index (χ2v) is 11.3. The van der Waals surface area contributed by atoms with E-state index in [0.717, 1.165) is 35.1 Å². The van der Waals surface area contributed by atoms with E-state index in [0.29, 0.717) is 17.0 Å². The first kappa shape index (κ1) is 27.9. The molecule has 0 aliphatic carbocycles. The SMILES string of the molecule is CCCCC(C(=O)OCC)c1cc(C(C)(C)C)cc(C(C)(C)C)c1-c1c(Cl)cccc1C(=O)O. The summed E-state index contributed by atoms with van der Waals surface area (Å²) < 4.78 is 5.52. The standard InChI is InChI=1S/C29H39ClO4/c1-9-11-13-19(27(33)34-10-2)21-16-18(28(3,4)5)17-22(29(6,7)8)24(21)25-20(26(31)32)14-12-15-23(25)30/h12,14-17,19H,9-11,13H2,1-8H3,(H,31,32). The molecule has 0 aliphatic heterocycles. The van der Waals surface area contributed by atoms with E-state index in [4.69, 9.17) is 16.3 Å². The molecule has 186 valence electrons. The minimum absolute atomic E-state index is 0.126. The van der Waals surface area contributed by atoms with E-state index < -0.39 is 11.9 Å². The van der Waals surface area contributed by atoms with Crippen molar-refractivity contribution in [2.24, 2.45) is 0 Å². The number of esters is 1. The average Bonchev–Trinajstić information content (AvgIpc) is 2.72. The summed E-state index contributed by atoms with van der Waals surface area (Å²) in [6.07, 6.45) is 2.40. The molecule has 0 saturated heterocycles. The van der Waals surface area contributed by atoms with Crippen molar-refractivity contribution in [3.63, 3.8) is 0 Å². The number of ether oxygens (including phenoxy) is 1. The summed E-state index contributed by atoms with van der Waals surface area (Å²) in [5.74, 6) is -1.85. The highest BCUT2D eigenvalue weighted by molar-refractivity contribution is 6.34. The second-order valence-electron chi connectivity index (χ2n) is 10.9. The normalized spacial score (nSPS) is 13.0. The number of unbranched alkanes of at least 4 members (excludes halogenated alkanes) is 1. The van der Waals surface area contributed by atoms with Gasteiger partial charge in [0.2, 0.25) is 0 Å². The number of carbonyl (C=O) groups is 2. The average molecular weight is 487 g/mol. The van der Waals surface area contributed by atoms with Crippen LogP contribution in [0.15, 0.2) is 30.3 Å². The zero-order valence-corrected chi connectivity index (χ0v) is 22.6. The Morgan fingerprint density at radius 3 is 2.15 bits per heavy atom. The molecule has 1 N–H and O–H groups in total. The maximum absolute atomic E-state index is 13.3. The fourth-order valence-corrected chi connectivity index (χ4v) is 4.52. The smallest absolute Gasteiger partial charge is 0.336 e. The van der Waals surface area contributed by atoms with Crippen LogP contribution < -0.4 is 0 Å². The van der Waals surface area contributed by atoms with Gasteiger partial charge in [0, 0.05) is 10.6 Å². The van der Waals surface area contributed by atoms with Gasteiger partial charge in [-0.1, -0.05) is 91.1 Å². The summed E-state index contributed by atoms with van der Waals surface area (Å²) in [5, 5.41) is 10.4. The molecule has 0 radical (unpaired) electrons. The molecular formula is C29H39ClO4. The van der Waals surface area contributed by atoms with E-state index >= 15 is 0 Å². The van der Waals surface area contributed by atoms with E-state index in [-0.39, 0.29) is 29.0 Å². The molecule has 1 atom stereocenters. The molecule has 0 aromatic heterocycles. The van der Waals surface area contributed by atoms with Gasteiger partial charge in [0.05, 0.1) is 18.1 Å². The van der Waals surface area contributed by atoms with Gasteiger partial charge in [0.25, 0.3) is 0 Å². The summed E-state index contributed by atoms with van der Waals surface area (Å²) in [7, 11) is 0. The Balaban J connectivity index is 3.12. The van der Waals surface area contributed by atoms with Crippen LogP contribution in [0.1, 0.15) is 108 Å². The van der Waals surface area contributed by atoms with Crippen LogP contribution in [-0.2, 0) is 20.4 Å². The molecule has 0 fully saturated rings. The van der Waals surface area contributed by atoms with Gasteiger partial charge < -0.3 is 9.84 Å². The van der Waals surface area contributed by atoms with Gasteiger partial charge in [0.15, 0.2) is 0 Å². The summed E-state index contributed by atoms with van der Waals surface area (Å²) >= 11 is 6.70. The van der Waals surface area contributed by atoms with Gasteiger partial charge in [-0.05, 0) is 58.6 Å². The van der Waals surface area contributed by atoms with Crippen molar-refractivity contribution in [1.82, 2.24) is 0 Å². The first-order valence-electron chi connectivity index (χ1n) is 12.1. The lowest BCUT2D eigenvalue weighted by Crippen LogP contribution is -2.23. The number of carboxylic acid groups (broad SMARTS) is 1. The number of carboxylic acids is 1. The van der Waals surface area contributed by atoms with Crippen molar-refractivity contribution in [2.75, 3.05) is 6.61 Å². The second kappa shape index (κ2) is 10.9. The summed E-state index contributed by atoms with van der Waals surface area (Å²) in [5.41, 5.74) is 3.67. The minimum atomic E-state index is -1.05. The van der Waals surface area contributed by atoms with Gasteiger partial charge in [-0.2, -0.15) is 0 Å². The Morgan fingerprint density at radius 1 is 1.00 bits per heavy atom. The molecule has 2 aromatic carbocycles. The highest BCUT2D eigenvalue weighted by atomic mass is 35.5. The van der Waals surface area contributed by atoms with E-state index in [9.17, 15) is 14.7 Å². The molecule has 2 rings (SSSR count). The number of rotatable bonds is 8. The number of hydrogen-bond donors (Lipinski definition) is 1. The summed E-state index contributed by atoms with van der Waals surface area (Å²) in [6.45, 7) is 16.9. The first-order chi connectivity index (χ1) is 15.7. The van der Waals surface area contributed by atoms with E-state index in [2.05, 4.69) is 60.6 Å². The Bertz CT molecular complexity index is 1040. The first-order valence-corrected chi connectivity index (χ1v) is 12.5. The van der Waals surface area contributed by atoms with Crippen LogP contribution in [0.2, 0.25) is 5.02 Å². The Kier molecular flexibility index (Phi) is 8.98. The molecule has 0 saturated carbocycles. The van der Waals surface area contributed by atoms with Crippen molar-refractivity contribution < 1.29 is 19.4 Å². The Hall–Kier alpha value is -2.33. The molecule has 2 aromatic rings. The van der Waals surface area contributed by atoms with Crippen LogP contribution in [0.25, 0.3) is 11.1 Å². The number of carbonyl (C=O) groups excluding carboxylic acids is 1. The fraction of sp³-hybridized carbons (Fsp3) is 0.517. The van der Waals surface area contributed by atoms with Gasteiger partial charge in [0.1, 0.15) is 0 Å². The van der Waals surface area contributed by atoms with Crippen molar-refractivity contribution in [1.29, 1.82) is 0 Å². The van der Waals surface area contributed by atoms with Crippen molar-refractivity contribution in [3.8, 4) is 11.1 Å².